The fourth-order valence-electron chi connectivity index (χ4n) is 1.46. The predicted molar refractivity (Wildman–Crippen MR) is 66.4 cm³/mol. The number of rotatable bonds is 5. The van der Waals surface area contributed by atoms with Crippen LogP contribution in [0.25, 0.3) is 5.69 Å². The second-order valence-electron chi connectivity index (χ2n) is 3.71. The molecule has 0 atom stereocenters. The summed E-state index contributed by atoms with van der Waals surface area (Å²) in [6, 6.07) is 5.21. The van der Waals surface area contributed by atoms with Crippen molar-refractivity contribution in [3.05, 3.63) is 30.6 Å². The molecule has 1 heterocycles. The van der Waals surface area contributed by atoms with Gasteiger partial charge in [0.05, 0.1) is 11.4 Å². The maximum atomic E-state index is 12.2. The van der Waals surface area contributed by atoms with Crippen LogP contribution in [0.5, 0.6) is 5.75 Å². The summed E-state index contributed by atoms with van der Waals surface area (Å²) in [6.45, 7) is 0. The van der Waals surface area contributed by atoms with Crippen molar-refractivity contribution >= 4 is 17.7 Å². The Morgan fingerprint density at radius 3 is 2.86 bits per heavy atom. The molecule has 112 valence electrons. The van der Waals surface area contributed by atoms with Crippen LogP contribution < -0.4 is 4.74 Å². The Morgan fingerprint density at radius 1 is 1.43 bits per heavy atom. The first-order valence-corrected chi connectivity index (χ1v) is 6.44. The van der Waals surface area contributed by atoms with Crippen LogP contribution in [0.3, 0.4) is 0 Å². The smallest absolute Gasteiger partial charge is 0.481 e. The molecule has 0 spiro atoms. The highest BCUT2D eigenvalue weighted by Gasteiger charge is 2.31. The van der Waals surface area contributed by atoms with Crippen molar-refractivity contribution in [1.82, 2.24) is 14.8 Å². The molecule has 1 aromatic heterocycles. The van der Waals surface area contributed by atoms with E-state index in [2.05, 4.69) is 14.9 Å². The molecule has 0 unspecified atom stereocenters. The maximum Gasteiger partial charge on any atom is 0.573 e. The van der Waals surface area contributed by atoms with E-state index in [4.69, 9.17) is 5.11 Å². The number of carbonyl (C=O) groups is 1. The predicted octanol–water partition coefficient (Wildman–Crippen LogP) is 2.34. The van der Waals surface area contributed by atoms with E-state index in [0.29, 0.717) is 5.69 Å². The summed E-state index contributed by atoms with van der Waals surface area (Å²) in [4.78, 5) is 10.5. The number of aliphatic carboxylic acids is 1. The number of aromatic nitrogens is 3. The molecule has 6 nitrogen and oxygen atoms in total. The quantitative estimate of drug-likeness (QED) is 0.853. The standard InChI is InChI=1S/C11H8F3N3O3S/c12-11(13,14)20-8-3-1-2-7(4-8)17-6-15-16-10(17)21-5-9(18)19/h1-4,6H,5H2,(H,18,19). The van der Waals surface area contributed by atoms with Gasteiger partial charge >= 0.3 is 12.3 Å². The van der Waals surface area contributed by atoms with Crippen LogP contribution in [0.2, 0.25) is 0 Å². The Kier molecular flexibility index (Phi) is 4.36. The van der Waals surface area contributed by atoms with Crippen LogP contribution in [0, 0.1) is 0 Å². The van der Waals surface area contributed by atoms with Gasteiger partial charge in [0.2, 0.25) is 0 Å². The molecule has 1 aromatic carbocycles. The molecule has 0 radical (unpaired) electrons. The van der Waals surface area contributed by atoms with Gasteiger partial charge in [-0.25, -0.2) is 0 Å². The number of thioether (sulfide) groups is 1. The van der Waals surface area contributed by atoms with Gasteiger partial charge in [0.1, 0.15) is 12.1 Å². The summed E-state index contributed by atoms with van der Waals surface area (Å²) >= 11 is 0.902. The van der Waals surface area contributed by atoms with Crippen LogP contribution >= 0.6 is 11.8 Å². The van der Waals surface area contributed by atoms with Gasteiger partial charge in [-0.2, -0.15) is 0 Å². The molecular weight excluding hydrogens is 311 g/mol. The van der Waals surface area contributed by atoms with Crippen LogP contribution in [0.1, 0.15) is 0 Å². The van der Waals surface area contributed by atoms with E-state index in [9.17, 15) is 18.0 Å². The van der Waals surface area contributed by atoms with Gasteiger partial charge in [-0.15, -0.1) is 23.4 Å². The molecular formula is C11H8F3N3O3S. The Labute approximate surface area is 120 Å². The largest absolute Gasteiger partial charge is 0.573 e. The summed E-state index contributed by atoms with van der Waals surface area (Å²) in [5, 5.41) is 16.2. The van der Waals surface area contributed by atoms with Crippen molar-refractivity contribution in [2.45, 2.75) is 11.5 Å². The minimum atomic E-state index is -4.79. The van der Waals surface area contributed by atoms with Gasteiger partial charge in [-0.3, -0.25) is 9.36 Å². The lowest BCUT2D eigenvalue weighted by atomic mass is 10.3. The lowest BCUT2D eigenvalue weighted by molar-refractivity contribution is -0.274. The molecule has 0 aliphatic heterocycles. The van der Waals surface area contributed by atoms with Gasteiger partial charge in [-0.05, 0) is 12.1 Å². The number of hydrogen-bond acceptors (Lipinski definition) is 5. The highest BCUT2D eigenvalue weighted by molar-refractivity contribution is 7.99. The molecule has 21 heavy (non-hydrogen) atoms. The van der Waals surface area contributed by atoms with E-state index >= 15 is 0 Å². The Balaban J connectivity index is 2.24. The summed E-state index contributed by atoms with van der Waals surface area (Å²) in [5.41, 5.74) is 0.328. The average molecular weight is 319 g/mol. The summed E-state index contributed by atoms with van der Waals surface area (Å²) < 4.78 is 41.7. The molecule has 0 saturated carbocycles. The van der Waals surface area contributed by atoms with Gasteiger partial charge in [0.25, 0.3) is 0 Å². The third-order valence-electron chi connectivity index (χ3n) is 2.17. The Hall–Kier alpha value is -2.23. The van der Waals surface area contributed by atoms with E-state index in [1.807, 2.05) is 0 Å². The van der Waals surface area contributed by atoms with E-state index in [-0.39, 0.29) is 16.7 Å². The first-order chi connectivity index (χ1) is 9.85. The van der Waals surface area contributed by atoms with Crippen molar-refractivity contribution in [2.75, 3.05) is 5.75 Å². The van der Waals surface area contributed by atoms with E-state index in [1.165, 1.54) is 23.0 Å². The van der Waals surface area contributed by atoms with Gasteiger partial charge in [0, 0.05) is 6.07 Å². The molecule has 1 N–H and O–H groups in total. The van der Waals surface area contributed by atoms with E-state index in [0.717, 1.165) is 23.9 Å². The maximum absolute atomic E-state index is 12.2. The molecule has 0 amide bonds. The van der Waals surface area contributed by atoms with Crippen molar-refractivity contribution in [3.8, 4) is 11.4 Å². The number of benzene rings is 1. The second-order valence-corrected chi connectivity index (χ2v) is 4.65. The van der Waals surface area contributed by atoms with Crippen molar-refractivity contribution in [2.24, 2.45) is 0 Å². The number of ether oxygens (including phenoxy) is 1. The Morgan fingerprint density at radius 2 is 2.19 bits per heavy atom. The number of halogens is 3. The van der Waals surface area contributed by atoms with Crippen LogP contribution in [0.15, 0.2) is 35.7 Å². The van der Waals surface area contributed by atoms with Crippen molar-refractivity contribution in [1.29, 1.82) is 0 Å². The molecule has 0 bridgehead atoms. The fourth-order valence-corrected chi connectivity index (χ4v) is 2.11. The van der Waals surface area contributed by atoms with Crippen LogP contribution in [-0.2, 0) is 4.79 Å². The molecule has 0 saturated heterocycles. The third kappa shape index (κ3) is 4.38. The first-order valence-electron chi connectivity index (χ1n) is 5.46. The van der Waals surface area contributed by atoms with Crippen molar-refractivity contribution < 1.29 is 27.8 Å². The second kappa shape index (κ2) is 6.04. The zero-order chi connectivity index (χ0) is 15.5. The fraction of sp³-hybridized carbons (Fsp3) is 0.182. The number of hydrogen-bond donors (Lipinski definition) is 1. The highest BCUT2D eigenvalue weighted by atomic mass is 32.2. The lowest BCUT2D eigenvalue weighted by Gasteiger charge is -2.11. The zero-order valence-electron chi connectivity index (χ0n) is 10.2. The van der Waals surface area contributed by atoms with Gasteiger partial charge in [0.15, 0.2) is 5.16 Å². The number of nitrogens with zero attached hydrogens (tertiary/aromatic N) is 3. The first kappa shape index (κ1) is 15.2. The van der Waals surface area contributed by atoms with Gasteiger partial charge in [-0.1, -0.05) is 17.8 Å². The van der Waals surface area contributed by atoms with E-state index in [1.54, 1.807) is 0 Å². The SMILES string of the molecule is O=C(O)CSc1nncn1-c1cccc(OC(F)(F)F)c1. The molecule has 0 aliphatic rings. The molecule has 0 aliphatic carbocycles. The molecule has 2 aromatic rings. The minimum absolute atomic E-state index is 0.239. The number of carboxylic acids is 1. The minimum Gasteiger partial charge on any atom is -0.481 e. The monoisotopic (exact) mass is 319 g/mol. The normalized spacial score (nSPS) is 11.4. The summed E-state index contributed by atoms with van der Waals surface area (Å²) in [7, 11) is 0. The number of alkyl halides is 3. The van der Waals surface area contributed by atoms with Gasteiger partial charge < -0.3 is 9.84 Å². The lowest BCUT2D eigenvalue weighted by Crippen LogP contribution is -2.17. The molecule has 2 rings (SSSR count). The summed E-state index contributed by atoms with van der Waals surface area (Å²) in [5.74, 6) is -1.66. The Bertz CT molecular complexity index is 645. The summed E-state index contributed by atoms with van der Waals surface area (Å²) in [6.07, 6.45) is -3.51. The van der Waals surface area contributed by atoms with Crippen LogP contribution in [-0.4, -0.2) is 38.0 Å². The third-order valence-corrected chi connectivity index (χ3v) is 3.10. The number of carboxylic acid groups (broad SMARTS) is 1. The van der Waals surface area contributed by atoms with E-state index < -0.39 is 12.3 Å². The van der Waals surface area contributed by atoms with Crippen molar-refractivity contribution in [3.63, 3.8) is 0 Å². The molecule has 0 fully saturated rings. The van der Waals surface area contributed by atoms with Crippen LogP contribution in [0.4, 0.5) is 13.2 Å². The molecule has 10 heteroatoms. The average Bonchev–Trinajstić information content (AvgIpc) is 2.82. The topological polar surface area (TPSA) is 77.2 Å². The highest BCUT2D eigenvalue weighted by Crippen LogP contribution is 2.26. The zero-order valence-corrected chi connectivity index (χ0v) is 11.1.